The molecule has 0 aliphatic rings. The molecule has 0 aliphatic heterocycles. The first-order valence-electron chi connectivity index (χ1n) is 11.0. The van der Waals surface area contributed by atoms with Gasteiger partial charge in [-0.2, -0.15) is 10.1 Å². The standard InChI is InChI=1S/C24H20N8O5/c1-13-5-4-6-18(14(13)2)26-21-22(28-24-23(27-21)30-37-31-24)29-25-12-16-8-10-20(36-16)17-9-7-15(35-3)11-19(17)32(33)34/h4-12H,1-3H3,(H,26,27,30)(H,28,29,31)/b25-12-. The van der Waals surface area contributed by atoms with Crippen LogP contribution in [-0.4, -0.2) is 38.5 Å². The van der Waals surface area contributed by atoms with E-state index in [1.165, 1.54) is 19.4 Å². The van der Waals surface area contributed by atoms with Crippen molar-refractivity contribution in [1.29, 1.82) is 0 Å². The first kappa shape index (κ1) is 23.4. The minimum atomic E-state index is -0.492. The van der Waals surface area contributed by atoms with Gasteiger partial charge in [0, 0.05) is 5.69 Å². The van der Waals surface area contributed by atoms with Crippen molar-refractivity contribution in [1.82, 2.24) is 20.3 Å². The number of methoxy groups -OCH3 is 1. The van der Waals surface area contributed by atoms with Crippen LogP contribution < -0.4 is 15.5 Å². The van der Waals surface area contributed by atoms with Gasteiger partial charge < -0.3 is 14.5 Å². The molecule has 2 aromatic carbocycles. The van der Waals surface area contributed by atoms with Gasteiger partial charge in [-0.1, -0.05) is 12.1 Å². The Morgan fingerprint density at radius 2 is 1.84 bits per heavy atom. The van der Waals surface area contributed by atoms with E-state index >= 15 is 0 Å². The molecule has 0 aliphatic carbocycles. The summed E-state index contributed by atoms with van der Waals surface area (Å²) < 4.78 is 15.6. The molecule has 0 amide bonds. The molecular weight excluding hydrogens is 480 g/mol. The van der Waals surface area contributed by atoms with Crippen molar-refractivity contribution < 1.29 is 18.7 Å². The fraction of sp³-hybridized carbons (Fsp3) is 0.125. The van der Waals surface area contributed by atoms with Crippen LogP contribution in [0, 0.1) is 24.0 Å². The molecule has 0 bridgehead atoms. The van der Waals surface area contributed by atoms with E-state index in [1.54, 1.807) is 24.3 Å². The summed E-state index contributed by atoms with van der Waals surface area (Å²) in [4.78, 5) is 19.8. The SMILES string of the molecule is COc1ccc(-c2ccc(/C=N\Nc3nc4nonc4nc3Nc3cccc(C)c3C)o2)c([N+](=O)[O-])c1. The highest BCUT2D eigenvalue weighted by Crippen LogP contribution is 2.34. The van der Waals surface area contributed by atoms with Crippen LogP contribution in [0.25, 0.3) is 22.6 Å². The summed E-state index contributed by atoms with van der Waals surface area (Å²) in [5.41, 5.74) is 6.45. The molecule has 0 atom stereocenters. The second-order valence-electron chi connectivity index (χ2n) is 7.92. The Hall–Kier alpha value is -5.33. The minimum Gasteiger partial charge on any atom is -0.497 e. The van der Waals surface area contributed by atoms with Crippen LogP contribution in [0.3, 0.4) is 0 Å². The Morgan fingerprint density at radius 3 is 2.59 bits per heavy atom. The number of nitrogens with one attached hydrogen (secondary N) is 2. The maximum absolute atomic E-state index is 11.5. The number of aryl methyl sites for hydroxylation is 1. The van der Waals surface area contributed by atoms with Crippen molar-refractivity contribution in [3.63, 3.8) is 0 Å². The number of nitro benzene ring substituents is 1. The lowest BCUT2D eigenvalue weighted by molar-refractivity contribution is -0.384. The van der Waals surface area contributed by atoms with E-state index in [-0.39, 0.29) is 22.8 Å². The van der Waals surface area contributed by atoms with E-state index < -0.39 is 4.92 Å². The van der Waals surface area contributed by atoms with Gasteiger partial charge in [0.25, 0.3) is 5.69 Å². The quantitative estimate of drug-likeness (QED) is 0.167. The van der Waals surface area contributed by atoms with Crippen LogP contribution in [0.5, 0.6) is 5.75 Å². The second-order valence-corrected chi connectivity index (χ2v) is 7.92. The average molecular weight is 500 g/mol. The van der Waals surface area contributed by atoms with Crippen LogP contribution >= 0.6 is 0 Å². The van der Waals surface area contributed by atoms with Gasteiger partial charge in [-0.05, 0) is 65.6 Å². The Kier molecular flexibility index (Phi) is 6.16. The lowest BCUT2D eigenvalue weighted by Gasteiger charge is -2.12. The van der Waals surface area contributed by atoms with E-state index in [9.17, 15) is 10.1 Å². The van der Waals surface area contributed by atoms with Gasteiger partial charge in [-0.25, -0.2) is 9.61 Å². The number of aromatic nitrogens is 4. The monoisotopic (exact) mass is 500 g/mol. The molecule has 0 unspecified atom stereocenters. The Labute approximate surface area is 209 Å². The molecule has 0 spiro atoms. The van der Waals surface area contributed by atoms with Crippen LogP contribution in [0.2, 0.25) is 0 Å². The number of furan rings is 1. The van der Waals surface area contributed by atoms with Crippen LogP contribution in [-0.2, 0) is 0 Å². The number of hydrazone groups is 1. The Bertz CT molecular complexity index is 1640. The molecule has 3 heterocycles. The summed E-state index contributed by atoms with van der Waals surface area (Å²) in [5.74, 6) is 1.68. The summed E-state index contributed by atoms with van der Waals surface area (Å²) in [6.45, 7) is 4.01. The van der Waals surface area contributed by atoms with Crippen molar-refractivity contribution in [3.8, 4) is 17.1 Å². The zero-order valence-corrected chi connectivity index (χ0v) is 19.9. The lowest BCUT2D eigenvalue weighted by atomic mass is 10.1. The van der Waals surface area contributed by atoms with Crippen molar-refractivity contribution in [2.75, 3.05) is 17.9 Å². The van der Waals surface area contributed by atoms with Gasteiger partial charge in [-0.15, -0.1) is 0 Å². The molecule has 0 saturated carbocycles. The third-order valence-electron chi connectivity index (χ3n) is 5.63. The third-order valence-corrected chi connectivity index (χ3v) is 5.63. The molecule has 13 heteroatoms. The summed E-state index contributed by atoms with van der Waals surface area (Å²) in [6, 6.07) is 13.7. The topological polar surface area (TPSA) is 167 Å². The molecule has 2 N–H and O–H groups in total. The summed E-state index contributed by atoms with van der Waals surface area (Å²) >= 11 is 0. The van der Waals surface area contributed by atoms with Crippen LogP contribution in [0.15, 0.2) is 62.7 Å². The molecule has 0 fully saturated rings. The number of benzene rings is 2. The van der Waals surface area contributed by atoms with E-state index in [0.717, 1.165) is 16.8 Å². The van der Waals surface area contributed by atoms with E-state index in [4.69, 9.17) is 13.8 Å². The predicted molar refractivity (Wildman–Crippen MR) is 135 cm³/mol. The number of hydrogen-bond acceptors (Lipinski definition) is 12. The zero-order chi connectivity index (χ0) is 25.9. The number of rotatable bonds is 8. The first-order valence-corrected chi connectivity index (χ1v) is 11.0. The molecule has 37 heavy (non-hydrogen) atoms. The van der Waals surface area contributed by atoms with Crippen molar-refractivity contribution in [3.05, 3.63) is 75.5 Å². The predicted octanol–water partition coefficient (Wildman–Crippen LogP) is 5.00. The summed E-state index contributed by atoms with van der Waals surface area (Å²) in [7, 11) is 1.44. The Balaban J connectivity index is 1.40. The van der Waals surface area contributed by atoms with Crippen LogP contribution in [0.1, 0.15) is 16.9 Å². The van der Waals surface area contributed by atoms with Gasteiger partial charge in [0.2, 0.25) is 11.3 Å². The van der Waals surface area contributed by atoms with Gasteiger partial charge in [0.1, 0.15) is 17.3 Å². The molecule has 0 saturated heterocycles. The van der Waals surface area contributed by atoms with E-state index in [0.29, 0.717) is 28.7 Å². The smallest absolute Gasteiger partial charge is 0.284 e. The maximum atomic E-state index is 11.5. The maximum Gasteiger partial charge on any atom is 0.284 e. The number of anilines is 3. The number of ether oxygens (including phenoxy) is 1. The van der Waals surface area contributed by atoms with Gasteiger partial charge in [-0.3, -0.25) is 15.5 Å². The van der Waals surface area contributed by atoms with Gasteiger partial charge in [0.15, 0.2) is 11.6 Å². The van der Waals surface area contributed by atoms with E-state index in [1.807, 2.05) is 32.0 Å². The van der Waals surface area contributed by atoms with Crippen molar-refractivity contribution in [2.24, 2.45) is 5.10 Å². The third kappa shape index (κ3) is 4.77. The first-order chi connectivity index (χ1) is 17.9. The van der Waals surface area contributed by atoms with Gasteiger partial charge >= 0.3 is 0 Å². The lowest BCUT2D eigenvalue weighted by Crippen LogP contribution is -2.04. The highest BCUT2D eigenvalue weighted by Gasteiger charge is 2.19. The molecule has 3 aromatic heterocycles. The summed E-state index contributed by atoms with van der Waals surface area (Å²) in [6.07, 6.45) is 1.41. The fourth-order valence-electron chi connectivity index (χ4n) is 3.54. The molecule has 0 radical (unpaired) electrons. The van der Waals surface area contributed by atoms with Crippen LogP contribution in [0.4, 0.5) is 23.0 Å². The molecule has 186 valence electrons. The largest absolute Gasteiger partial charge is 0.497 e. The van der Waals surface area contributed by atoms with E-state index in [2.05, 4.69) is 36.1 Å². The van der Waals surface area contributed by atoms with Gasteiger partial charge in [0.05, 0.1) is 29.9 Å². The number of nitrogens with zero attached hydrogens (tertiary/aromatic N) is 6. The zero-order valence-electron chi connectivity index (χ0n) is 19.9. The number of nitro groups is 1. The average Bonchev–Trinajstić information content (AvgIpc) is 3.55. The number of fused-ring (bicyclic) bond motifs is 1. The van der Waals surface area contributed by atoms with Crippen molar-refractivity contribution >= 4 is 40.5 Å². The summed E-state index contributed by atoms with van der Waals surface area (Å²) in [5, 5.41) is 26.4. The molecule has 13 nitrogen and oxygen atoms in total. The minimum absolute atomic E-state index is 0.137. The highest BCUT2D eigenvalue weighted by atomic mass is 16.6. The van der Waals surface area contributed by atoms with Crippen molar-refractivity contribution in [2.45, 2.75) is 13.8 Å². The highest BCUT2D eigenvalue weighted by molar-refractivity contribution is 5.81. The normalized spacial score (nSPS) is 11.2. The molecule has 5 aromatic rings. The Morgan fingerprint density at radius 1 is 1.05 bits per heavy atom. The number of hydrogen-bond donors (Lipinski definition) is 2. The fourth-order valence-corrected chi connectivity index (χ4v) is 3.54. The second kappa shape index (κ2) is 9.73. The molecular formula is C24H20N8O5. The molecule has 5 rings (SSSR count).